The molecule has 0 aliphatic rings. The topological polar surface area (TPSA) is 60.2 Å². The lowest BCUT2D eigenvalue weighted by Gasteiger charge is -2.17. The van der Waals surface area contributed by atoms with Crippen molar-refractivity contribution in [2.24, 2.45) is 5.73 Å². The molecule has 0 amide bonds. The number of unbranched alkanes of at least 4 members (excludes halogenated alkanes) is 6. The Morgan fingerprint density at radius 3 is 1.94 bits per heavy atom. The molecule has 0 heterocycles. The quantitative estimate of drug-likeness (QED) is 0.616. The Kier molecular flexibility index (Phi) is 8.88. The SMILES string of the molecule is CCCCCCCCCC(N)C(C)S(C)(=O)=O. The molecule has 17 heavy (non-hydrogen) atoms. The smallest absolute Gasteiger partial charge is 0.151 e. The van der Waals surface area contributed by atoms with E-state index in [1.165, 1.54) is 44.8 Å². The van der Waals surface area contributed by atoms with Gasteiger partial charge in [-0.05, 0) is 13.3 Å². The summed E-state index contributed by atoms with van der Waals surface area (Å²) in [6, 6.07) is -0.208. The second kappa shape index (κ2) is 8.92. The van der Waals surface area contributed by atoms with Crippen LogP contribution in [0.4, 0.5) is 0 Å². The summed E-state index contributed by atoms with van der Waals surface area (Å²) in [6.45, 7) is 3.92. The first-order valence-corrected chi connectivity index (χ1v) is 8.79. The van der Waals surface area contributed by atoms with Gasteiger partial charge in [0.05, 0.1) is 5.25 Å². The van der Waals surface area contributed by atoms with E-state index >= 15 is 0 Å². The van der Waals surface area contributed by atoms with Crippen molar-refractivity contribution in [2.45, 2.75) is 76.5 Å². The van der Waals surface area contributed by atoms with E-state index in [0.717, 1.165) is 12.8 Å². The Hall–Kier alpha value is -0.0900. The van der Waals surface area contributed by atoms with E-state index in [-0.39, 0.29) is 6.04 Å². The zero-order valence-electron chi connectivity index (χ0n) is 11.6. The highest BCUT2D eigenvalue weighted by atomic mass is 32.2. The predicted octanol–water partition coefficient (Wildman–Crippen LogP) is 2.89. The van der Waals surface area contributed by atoms with Crippen LogP contribution in [-0.2, 0) is 9.84 Å². The van der Waals surface area contributed by atoms with Crippen LogP contribution >= 0.6 is 0 Å². The van der Waals surface area contributed by atoms with Crippen molar-refractivity contribution in [3.05, 3.63) is 0 Å². The maximum Gasteiger partial charge on any atom is 0.151 e. The van der Waals surface area contributed by atoms with Gasteiger partial charge in [-0.2, -0.15) is 0 Å². The monoisotopic (exact) mass is 263 g/mol. The van der Waals surface area contributed by atoms with Crippen LogP contribution in [0, 0.1) is 0 Å². The van der Waals surface area contributed by atoms with Crippen molar-refractivity contribution in [1.29, 1.82) is 0 Å². The summed E-state index contributed by atoms with van der Waals surface area (Å²) in [6.07, 6.45) is 10.8. The summed E-state index contributed by atoms with van der Waals surface area (Å²) in [4.78, 5) is 0. The van der Waals surface area contributed by atoms with E-state index in [1.807, 2.05) is 0 Å². The van der Waals surface area contributed by atoms with Gasteiger partial charge in [-0.1, -0.05) is 51.9 Å². The predicted molar refractivity (Wildman–Crippen MR) is 74.9 cm³/mol. The first-order valence-electron chi connectivity index (χ1n) is 6.84. The van der Waals surface area contributed by atoms with Gasteiger partial charge in [-0.25, -0.2) is 8.42 Å². The van der Waals surface area contributed by atoms with E-state index in [9.17, 15) is 8.42 Å². The lowest BCUT2D eigenvalue weighted by Crippen LogP contribution is -2.37. The molecule has 0 saturated carbocycles. The van der Waals surface area contributed by atoms with Gasteiger partial charge in [0.1, 0.15) is 0 Å². The molecule has 0 saturated heterocycles. The Morgan fingerprint density at radius 2 is 1.47 bits per heavy atom. The van der Waals surface area contributed by atoms with Crippen LogP contribution in [0.1, 0.15) is 65.2 Å². The highest BCUT2D eigenvalue weighted by Crippen LogP contribution is 2.12. The van der Waals surface area contributed by atoms with Crippen molar-refractivity contribution in [1.82, 2.24) is 0 Å². The third-order valence-electron chi connectivity index (χ3n) is 3.42. The van der Waals surface area contributed by atoms with Crippen molar-refractivity contribution in [3.8, 4) is 0 Å². The molecule has 4 heteroatoms. The molecule has 0 aliphatic heterocycles. The minimum absolute atomic E-state index is 0.208. The first kappa shape index (κ1) is 16.9. The van der Waals surface area contributed by atoms with Crippen LogP contribution < -0.4 is 5.73 Å². The Balaban J connectivity index is 3.55. The summed E-state index contributed by atoms with van der Waals surface area (Å²) in [5.74, 6) is 0. The van der Waals surface area contributed by atoms with Gasteiger partial charge in [-0.3, -0.25) is 0 Å². The largest absolute Gasteiger partial charge is 0.327 e. The van der Waals surface area contributed by atoms with Crippen LogP contribution in [0.5, 0.6) is 0 Å². The second-order valence-electron chi connectivity index (χ2n) is 5.11. The zero-order valence-corrected chi connectivity index (χ0v) is 12.4. The number of rotatable bonds is 10. The molecule has 0 bridgehead atoms. The fourth-order valence-corrected chi connectivity index (χ4v) is 2.66. The molecule has 0 aromatic rings. The van der Waals surface area contributed by atoms with Crippen molar-refractivity contribution >= 4 is 9.84 Å². The molecule has 0 fully saturated rings. The molecule has 0 spiro atoms. The molecule has 2 atom stereocenters. The van der Waals surface area contributed by atoms with Crippen LogP contribution in [-0.4, -0.2) is 26.0 Å². The number of hydrogen-bond acceptors (Lipinski definition) is 3. The number of sulfone groups is 1. The van der Waals surface area contributed by atoms with E-state index in [2.05, 4.69) is 6.92 Å². The van der Waals surface area contributed by atoms with Gasteiger partial charge in [-0.15, -0.1) is 0 Å². The van der Waals surface area contributed by atoms with E-state index in [0.29, 0.717) is 0 Å². The third kappa shape index (κ3) is 8.61. The molecule has 0 aliphatic carbocycles. The van der Waals surface area contributed by atoms with E-state index in [1.54, 1.807) is 6.92 Å². The summed E-state index contributed by atoms with van der Waals surface area (Å²) < 4.78 is 22.6. The standard InChI is InChI=1S/C13H29NO2S/c1-4-5-6-7-8-9-10-11-13(14)12(2)17(3,15)16/h12-13H,4-11,14H2,1-3H3. The fraction of sp³-hybridized carbons (Fsp3) is 1.00. The van der Waals surface area contributed by atoms with Crippen LogP contribution in [0.3, 0.4) is 0 Å². The number of nitrogens with two attached hydrogens (primary N) is 1. The molecule has 2 unspecified atom stereocenters. The molecule has 0 aromatic heterocycles. The molecule has 0 aromatic carbocycles. The van der Waals surface area contributed by atoms with Gasteiger partial charge in [0.2, 0.25) is 0 Å². The summed E-state index contributed by atoms with van der Waals surface area (Å²) in [5, 5.41) is -0.414. The van der Waals surface area contributed by atoms with Gasteiger partial charge in [0.15, 0.2) is 9.84 Å². The third-order valence-corrected chi connectivity index (χ3v) is 5.12. The minimum atomic E-state index is -2.98. The molecule has 3 nitrogen and oxygen atoms in total. The van der Waals surface area contributed by atoms with Crippen molar-refractivity contribution in [2.75, 3.05) is 6.26 Å². The normalized spacial score (nSPS) is 15.8. The van der Waals surface area contributed by atoms with Crippen molar-refractivity contribution in [3.63, 3.8) is 0 Å². The highest BCUT2D eigenvalue weighted by molar-refractivity contribution is 7.91. The lowest BCUT2D eigenvalue weighted by atomic mass is 10.0. The molecular formula is C13H29NO2S. The Morgan fingerprint density at radius 1 is 1.00 bits per heavy atom. The van der Waals surface area contributed by atoms with Crippen LogP contribution in [0.2, 0.25) is 0 Å². The summed E-state index contributed by atoms with van der Waals surface area (Å²) in [5.41, 5.74) is 5.89. The Labute approximate surface area is 107 Å². The van der Waals surface area contributed by atoms with E-state index in [4.69, 9.17) is 5.73 Å². The lowest BCUT2D eigenvalue weighted by molar-refractivity contribution is 0.509. The van der Waals surface area contributed by atoms with Crippen LogP contribution in [0.25, 0.3) is 0 Å². The molecule has 104 valence electrons. The highest BCUT2D eigenvalue weighted by Gasteiger charge is 2.21. The van der Waals surface area contributed by atoms with Crippen LogP contribution in [0.15, 0.2) is 0 Å². The average molecular weight is 263 g/mol. The van der Waals surface area contributed by atoms with Gasteiger partial charge in [0.25, 0.3) is 0 Å². The zero-order chi connectivity index (χ0) is 13.3. The maximum atomic E-state index is 11.3. The maximum absolute atomic E-state index is 11.3. The first-order chi connectivity index (χ1) is 7.89. The average Bonchev–Trinajstić information content (AvgIpc) is 2.25. The van der Waals surface area contributed by atoms with Gasteiger partial charge in [0, 0.05) is 12.3 Å². The minimum Gasteiger partial charge on any atom is -0.327 e. The van der Waals surface area contributed by atoms with Crippen molar-refractivity contribution < 1.29 is 8.42 Å². The second-order valence-corrected chi connectivity index (χ2v) is 7.51. The number of hydrogen-bond donors (Lipinski definition) is 1. The molecule has 2 N–H and O–H groups in total. The molecule has 0 rings (SSSR count). The van der Waals surface area contributed by atoms with Gasteiger partial charge < -0.3 is 5.73 Å². The molecule has 0 radical (unpaired) electrons. The van der Waals surface area contributed by atoms with E-state index < -0.39 is 15.1 Å². The Bertz CT molecular complexity index is 275. The summed E-state index contributed by atoms with van der Waals surface area (Å²) >= 11 is 0. The molecular weight excluding hydrogens is 234 g/mol. The van der Waals surface area contributed by atoms with Gasteiger partial charge >= 0.3 is 0 Å². The summed E-state index contributed by atoms with van der Waals surface area (Å²) in [7, 11) is -2.98. The fourth-order valence-electron chi connectivity index (χ4n) is 1.89.